The molecule has 1 saturated carbocycles. The van der Waals surface area contributed by atoms with Crippen LogP contribution in [0, 0.1) is 5.92 Å². The van der Waals surface area contributed by atoms with Crippen LogP contribution in [0.2, 0.25) is 0 Å². The van der Waals surface area contributed by atoms with Gasteiger partial charge in [0.1, 0.15) is 17.5 Å². The zero-order valence-corrected chi connectivity index (χ0v) is 12.6. The highest BCUT2D eigenvalue weighted by Crippen LogP contribution is 2.30. The number of rotatable bonds is 7. The van der Waals surface area contributed by atoms with Crippen molar-refractivity contribution in [1.29, 1.82) is 0 Å². The van der Waals surface area contributed by atoms with Gasteiger partial charge in [0.15, 0.2) is 5.82 Å². The summed E-state index contributed by atoms with van der Waals surface area (Å²) in [5.74, 6) is 3.71. The van der Waals surface area contributed by atoms with Crippen LogP contribution in [-0.2, 0) is 11.3 Å². The second kappa shape index (κ2) is 7.70. The number of hydrogen-bond donors (Lipinski definition) is 1. The van der Waals surface area contributed by atoms with E-state index in [-0.39, 0.29) is 0 Å². The van der Waals surface area contributed by atoms with Gasteiger partial charge < -0.3 is 10.1 Å². The lowest BCUT2D eigenvalue weighted by atomic mass is 10.1. The quantitative estimate of drug-likeness (QED) is 0.613. The van der Waals surface area contributed by atoms with Gasteiger partial charge in [-0.1, -0.05) is 12.8 Å². The van der Waals surface area contributed by atoms with Crippen LogP contribution < -0.4 is 5.32 Å². The lowest BCUT2D eigenvalue weighted by Crippen LogP contribution is -2.06. The van der Waals surface area contributed by atoms with E-state index in [1.165, 1.54) is 31.4 Å². The van der Waals surface area contributed by atoms with Crippen LogP contribution in [0.3, 0.4) is 0 Å². The second-order valence-electron chi connectivity index (χ2n) is 4.93. The Labute approximate surface area is 119 Å². The average molecular weight is 281 g/mol. The van der Waals surface area contributed by atoms with Crippen molar-refractivity contribution in [2.75, 3.05) is 24.7 Å². The standard InChI is InChI=1S/C14H23N3OS/c1-3-15-12-8-14(17-13(16-12)9-18-2)19-10-11-6-4-5-7-11/h8,11H,3-7,9-10H2,1-2H3,(H,15,16,17). The Morgan fingerprint density at radius 3 is 2.84 bits per heavy atom. The normalized spacial score (nSPS) is 15.9. The van der Waals surface area contributed by atoms with Crippen LogP contribution in [0.15, 0.2) is 11.1 Å². The third-order valence-electron chi connectivity index (χ3n) is 3.32. The largest absolute Gasteiger partial charge is 0.377 e. The Hall–Kier alpha value is -0.810. The van der Waals surface area contributed by atoms with Crippen LogP contribution in [0.4, 0.5) is 5.82 Å². The first kappa shape index (κ1) is 14.6. The number of ether oxygens (including phenoxy) is 1. The van der Waals surface area contributed by atoms with Gasteiger partial charge in [-0.2, -0.15) is 0 Å². The highest BCUT2D eigenvalue weighted by Gasteiger charge is 2.15. The molecular formula is C14H23N3OS. The maximum absolute atomic E-state index is 5.13. The van der Waals surface area contributed by atoms with E-state index >= 15 is 0 Å². The minimum atomic E-state index is 0.468. The van der Waals surface area contributed by atoms with Gasteiger partial charge in [0.25, 0.3) is 0 Å². The molecule has 0 saturated heterocycles. The Bertz CT molecular complexity index is 370. The average Bonchev–Trinajstić information content (AvgIpc) is 2.90. The summed E-state index contributed by atoms with van der Waals surface area (Å²) < 4.78 is 5.13. The van der Waals surface area contributed by atoms with Gasteiger partial charge in [-0.15, -0.1) is 11.8 Å². The van der Waals surface area contributed by atoms with Crippen LogP contribution in [0.25, 0.3) is 0 Å². The predicted molar refractivity (Wildman–Crippen MR) is 79.6 cm³/mol. The van der Waals surface area contributed by atoms with Crippen molar-refractivity contribution in [3.8, 4) is 0 Å². The Morgan fingerprint density at radius 2 is 2.16 bits per heavy atom. The van der Waals surface area contributed by atoms with E-state index in [4.69, 9.17) is 4.74 Å². The van der Waals surface area contributed by atoms with Crippen molar-refractivity contribution < 1.29 is 4.74 Å². The minimum Gasteiger partial charge on any atom is -0.377 e. The summed E-state index contributed by atoms with van der Waals surface area (Å²) in [5.41, 5.74) is 0. The van der Waals surface area contributed by atoms with Crippen molar-refractivity contribution in [3.05, 3.63) is 11.9 Å². The highest BCUT2D eigenvalue weighted by molar-refractivity contribution is 7.99. The van der Waals surface area contributed by atoms with Crippen LogP contribution >= 0.6 is 11.8 Å². The van der Waals surface area contributed by atoms with Gasteiger partial charge in [-0.3, -0.25) is 0 Å². The lowest BCUT2D eigenvalue weighted by Gasteiger charge is -2.10. The molecule has 106 valence electrons. The van der Waals surface area contributed by atoms with E-state index < -0.39 is 0 Å². The molecule has 4 nitrogen and oxygen atoms in total. The van der Waals surface area contributed by atoms with Gasteiger partial charge >= 0.3 is 0 Å². The van der Waals surface area contributed by atoms with E-state index in [9.17, 15) is 0 Å². The summed E-state index contributed by atoms with van der Waals surface area (Å²) in [4.78, 5) is 8.99. The Balaban J connectivity index is 1.99. The van der Waals surface area contributed by atoms with Crippen molar-refractivity contribution >= 4 is 17.6 Å². The Morgan fingerprint density at radius 1 is 1.37 bits per heavy atom. The molecule has 5 heteroatoms. The second-order valence-corrected chi connectivity index (χ2v) is 5.97. The number of nitrogens with zero attached hydrogens (tertiary/aromatic N) is 2. The number of thioether (sulfide) groups is 1. The molecule has 1 N–H and O–H groups in total. The first-order valence-electron chi connectivity index (χ1n) is 7.05. The molecule has 0 spiro atoms. The molecule has 19 heavy (non-hydrogen) atoms. The fourth-order valence-corrected chi connectivity index (χ4v) is 3.50. The maximum Gasteiger partial charge on any atom is 0.157 e. The van der Waals surface area contributed by atoms with Gasteiger partial charge in [0.05, 0.1) is 0 Å². The zero-order chi connectivity index (χ0) is 13.5. The van der Waals surface area contributed by atoms with Gasteiger partial charge in [0, 0.05) is 25.5 Å². The van der Waals surface area contributed by atoms with E-state index in [1.54, 1.807) is 7.11 Å². The third-order valence-corrected chi connectivity index (χ3v) is 4.46. The summed E-state index contributed by atoms with van der Waals surface area (Å²) in [7, 11) is 1.68. The van der Waals surface area contributed by atoms with E-state index in [1.807, 2.05) is 17.8 Å². The number of methoxy groups -OCH3 is 1. The Kier molecular flexibility index (Phi) is 5.92. The molecule has 0 aliphatic heterocycles. The topological polar surface area (TPSA) is 47.0 Å². The lowest BCUT2D eigenvalue weighted by molar-refractivity contribution is 0.177. The molecular weight excluding hydrogens is 258 g/mol. The number of aromatic nitrogens is 2. The van der Waals surface area contributed by atoms with Crippen molar-refractivity contribution in [2.24, 2.45) is 5.92 Å². The predicted octanol–water partition coefficient (Wildman–Crippen LogP) is 3.34. The summed E-state index contributed by atoms with van der Waals surface area (Å²) in [6, 6.07) is 2.04. The summed E-state index contributed by atoms with van der Waals surface area (Å²) >= 11 is 1.85. The first-order chi connectivity index (χ1) is 9.31. The van der Waals surface area contributed by atoms with E-state index in [0.29, 0.717) is 6.61 Å². The molecule has 1 aliphatic rings. The smallest absolute Gasteiger partial charge is 0.157 e. The minimum absolute atomic E-state index is 0.468. The molecule has 1 fully saturated rings. The van der Waals surface area contributed by atoms with Gasteiger partial charge in [0.2, 0.25) is 0 Å². The van der Waals surface area contributed by atoms with E-state index in [0.717, 1.165) is 29.1 Å². The molecule has 1 aliphatic carbocycles. The fourth-order valence-electron chi connectivity index (χ4n) is 2.39. The number of anilines is 1. The van der Waals surface area contributed by atoms with Crippen molar-refractivity contribution in [3.63, 3.8) is 0 Å². The molecule has 1 heterocycles. The highest BCUT2D eigenvalue weighted by atomic mass is 32.2. The number of nitrogens with one attached hydrogen (secondary N) is 1. The number of hydrogen-bond acceptors (Lipinski definition) is 5. The molecule has 1 aromatic heterocycles. The summed E-state index contributed by atoms with van der Waals surface area (Å²) in [5, 5.41) is 4.31. The molecule has 0 atom stereocenters. The van der Waals surface area contributed by atoms with E-state index in [2.05, 4.69) is 22.2 Å². The zero-order valence-electron chi connectivity index (χ0n) is 11.8. The molecule has 1 aromatic rings. The molecule has 0 bridgehead atoms. The van der Waals surface area contributed by atoms with Gasteiger partial charge in [-0.25, -0.2) is 9.97 Å². The first-order valence-corrected chi connectivity index (χ1v) is 8.04. The van der Waals surface area contributed by atoms with Gasteiger partial charge in [-0.05, 0) is 25.7 Å². The monoisotopic (exact) mass is 281 g/mol. The molecule has 2 rings (SSSR count). The molecule has 0 radical (unpaired) electrons. The molecule has 0 unspecified atom stereocenters. The fraction of sp³-hybridized carbons (Fsp3) is 0.714. The molecule has 0 aromatic carbocycles. The molecule has 0 amide bonds. The third kappa shape index (κ3) is 4.66. The van der Waals surface area contributed by atoms with Crippen molar-refractivity contribution in [1.82, 2.24) is 9.97 Å². The van der Waals surface area contributed by atoms with Crippen LogP contribution in [0.5, 0.6) is 0 Å². The van der Waals surface area contributed by atoms with Crippen LogP contribution in [-0.4, -0.2) is 29.4 Å². The summed E-state index contributed by atoms with van der Waals surface area (Å²) in [6.45, 7) is 3.41. The van der Waals surface area contributed by atoms with Crippen LogP contribution in [0.1, 0.15) is 38.4 Å². The SMILES string of the molecule is CCNc1cc(SCC2CCCC2)nc(COC)n1. The van der Waals surface area contributed by atoms with Crippen molar-refractivity contribution in [2.45, 2.75) is 44.2 Å². The summed E-state index contributed by atoms with van der Waals surface area (Å²) in [6.07, 6.45) is 5.55. The maximum atomic E-state index is 5.13.